The number of nitrogens with zero attached hydrogens (tertiary/aromatic N) is 1. The number of para-hydroxylation sites is 1. The SMILES string of the molecule is Cc1cccc(S(=O)Cc2ccc(Br)cc2[N+](=O)[O-])c1N. The molecule has 0 fully saturated rings. The Morgan fingerprint density at radius 2 is 2.05 bits per heavy atom. The van der Waals surface area contributed by atoms with E-state index in [2.05, 4.69) is 15.9 Å². The van der Waals surface area contributed by atoms with Crippen LogP contribution in [0.5, 0.6) is 0 Å². The number of nitro benzene ring substituents is 1. The van der Waals surface area contributed by atoms with Crippen molar-refractivity contribution in [2.75, 3.05) is 5.73 Å². The van der Waals surface area contributed by atoms with Crippen molar-refractivity contribution in [3.63, 3.8) is 0 Å². The lowest BCUT2D eigenvalue weighted by Gasteiger charge is -2.08. The molecular formula is C14H13BrN2O3S. The number of rotatable bonds is 4. The average Bonchev–Trinajstić information content (AvgIpc) is 2.43. The molecule has 0 amide bonds. The summed E-state index contributed by atoms with van der Waals surface area (Å²) < 4.78 is 13.1. The van der Waals surface area contributed by atoms with Crippen LogP contribution in [0.2, 0.25) is 0 Å². The molecule has 0 heterocycles. The van der Waals surface area contributed by atoms with Crippen LogP contribution in [0.15, 0.2) is 45.8 Å². The van der Waals surface area contributed by atoms with Gasteiger partial charge in [0.2, 0.25) is 0 Å². The molecule has 2 aromatic carbocycles. The van der Waals surface area contributed by atoms with E-state index < -0.39 is 15.7 Å². The van der Waals surface area contributed by atoms with Gasteiger partial charge in [0.1, 0.15) is 0 Å². The van der Waals surface area contributed by atoms with E-state index in [9.17, 15) is 14.3 Å². The normalized spacial score (nSPS) is 12.1. The van der Waals surface area contributed by atoms with Crippen LogP contribution < -0.4 is 5.73 Å². The summed E-state index contributed by atoms with van der Waals surface area (Å²) in [5, 5.41) is 11.1. The van der Waals surface area contributed by atoms with E-state index >= 15 is 0 Å². The molecule has 0 aliphatic carbocycles. The maximum atomic E-state index is 12.4. The van der Waals surface area contributed by atoms with Crippen molar-refractivity contribution in [2.45, 2.75) is 17.6 Å². The highest BCUT2D eigenvalue weighted by molar-refractivity contribution is 9.10. The Kier molecular flexibility index (Phi) is 4.74. The molecule has 0 aromatic heterocycles. The average molecular weight is 369 g/mol. The monoisotopic (exact) mass is 368 g/mol. The molecule has 1 atom stereocenters. The van der Waals surface area contributed by atoms with Crippen LogP contribution in [0.3, 0.4) is 0 Å². The molecule has 0 aliphatic heterocycles. The Bertz CT molecular complexity index is 734. The van der Waals surface area contributed by atoms with Crippen molar-refractivity contribution in [2.24, 2.45) is 0 Å². The van der Waals surface area contributed by atoms with Crippen molar-refractivity contribution in [3.8, 4) is 0 Å². The van der Waals surface area contributed by atoms with Gasteiger partial charge < -0.3 is 5.73 Å². The molecule has 2 N–H and O–H groups in total. The van der Waals surface area contributed by atoms with Crippen LogP contribution >= 0.6 is 15.9 Å². The van der Waals surface area contributed by atoms with Crippen LogP contribution in [-0.4, -0.2) is 9.13 Å². The minimum atomic E-state index is -1.43. The van der Waals surface area contributed by atoms with E-state index in [0.29, 0.717) is 20.6 Å². The third-order valence-corrected chi connectivity index (χ3v) is 4.97. The largest absolute Gasteiger partial charge is 0.398 e. The first kappa shape index (κ1) is 15.7. The molecule has 2 aromatic rings. The number of nitro groups is 1. The molecule has 0 spiro atoms. The van der Waals surface area contributed by atoms with Gasteiger partial charge in [0.15, 0.2) is 0 Å². The quantitative estimate of drug-likeness (QED) is 0.507. The number of hydrogen-bond acceptors (Lipinski definition) is 4. The van der Waals surface area contributed by atoms with Gasteiger partial charge >= 0.3 is 0 Å². The second-order valence-electron chi connectivity index (χ2n) is 4.51. The predicted molar refractivity (Wildman–Crippen MR) is 86.5 cm³/mol. The van der Waals surface area contributed by atoms with Gasteiger partial charge in [-0.15, -0.1) is 0 Å². The zero-order chi connectivity index (χ0) is 15.6. The Morgan fingerprint density at radius 3 is 2.71 bits per heavy atom. The smallest absolute Gasteiger partial charge is 0.274 e. The van der Waals surface area contributed by atoms with Crippen LogP contribution in [0.1, 0.15) is 11.1 Å². The first-order valence-electron chi connectivity index (χ1n) is 6.06. The van der Waals surface area contributed by atoms with Gasteiger partial charge in [-0.25, -0.2) is 0 Å². The summed E-state index contributed by atoms with van der Waals surface area (Å²) in [4.78, 5) is 11.1. The topological polar surface area (TPSA) is 86.2 Å². The van der Waals surface area contributed by atoms with Crippen LogP contribution in [0.4, 0.5) is 11.4 Å². The molecule has 2 rings (SSSR count). The van der Waals surface area contributed by atoms with Crippen molar-refractivity contribution in [1.29, 1.82) is 0 Å². The highest BCUT2D eigenvalue weighted by Crippen LogP contribution is 2.28. The van der Waals surface area contributed by atoms with Crippen LogP contribution in [0.25, 0.3) is 0 Å². The number of benzene rings is 2. The lowest BCUT2D eigenvalue weighted by Crippen LogP contribution is -2.04. The van der Waals surface area contributed by atoms with Gasteiger partial charge in [-0.1, -0.05) is 34.1 Å². The van der Waals surface area contributed by atoms with E-state index in [1.54, 1.807) is 24.3 Å². The molecule has 1 unspecified atom stereocenters. The summed E-state index contributed by atoms with van der Waals surface area (Å²) in [6, 6.07) is 9.99. The number of hydrogen-bond donors (Lipinski definition) is 1. The standard InChI is InChI=1S/C14H13BrN2O3S/c1-9-3-2-4-13(14(9)16)21(20)8-10-5-6-11(15)7-12(10)17(18)19/h2-7H,8,16H2,1H3. The lowest BCUT2D eigenvalue weighted by molar-refractivity contribution is -0.385. The fraction of sp³-hybridized carbons (Fsp3) is 0.143. The molecular weight excluding hydrogens is 356 g/mol. The van der Waals surface area contributed by atoms with Crippen molar-refractivity contribution in [1.82, 2.24) is 0 Å². The van der Waals surface area contributed by atoms with Gasteiger partial charge in [0.05, 0.1) is 32.1 Å². The summed E-state index contributed by atoms with van der Waals surface area (Å²) in [7, 11) is -1.43. The maximum absolute atomic E-state index is 12.4. The molecule has 21 heavy (non-hydrogen) atoms. The Labute approximate surface area is 132 Å². The zero-order valence-electron chi connectivity index (χ0n) is 11.2. The van der Waals surface area contributed by atoms with E-state index in [1.165, 1.54) is 6.07 Å². The Hall–Kier alpha value is -1.73. The van der Waals surface area contributed by atoms with Gasteiger partial charge in [-0.05, 0) is 24.6 Å². The first-order chi connectivity index (χ1) is 9.90. The molecule has 0 saturated carbocycles. The minimum absolute atomic E-state index is 0.0519. The molecule has 110 valence electrons. The fourth-order valence-electron chi connectivity index (χ4n) is 1.90. The zero-order valence-corrected chi connectivity index (χ0v) is 13.6. The fourth-order valence-corrected chi connectivity index (χ4v) is 3.57. The van der Waals surface area contributed by atoms with Gasteiger partial charge in [0, 0.05) is 16.1 Å². The minimum Gasteiger partial charge on any atom is -0.398 e. The van der Waals surface area contributed by atoms with Crippen molar-refractivity contribution in [3.05, 3.63) is 62.1 Å². The molecule has 0 aliphatic rings. The highest BCUT2D eigenvalue weighted by atomic mass is 79.9. The third-order valence-electron chi connectivity index (χ3n) is 3.06. The third kappa shape index (κ3) is 3.48. The van der Waals surface area contributed by atoms with E-state index in [-0.39, 0.29) is 11.4 Å². The van der Waals surface area contributed by atoms with Crippen LogP contribution in [-0.2, 0) is 16.6 Å². The first-order valence-corrected chi connectivity index (χ1v) is 8.17. The van der Waals surface area contributed by atoms with Gasteiger partial charge in [-0.3, -0.25) is 14.3 Å². The Balaban J connectivity index is 2.36. The second kappa shape index (κ2) is 6.36. The number of anilines is 1. The molecule has 7 heteroatoms. The maximum Gasteiger partial charge on any atom is 0.274 e. The van der Waals surface area contributed by atoms with Crippen LogP contribution in [0, 0.1) is 17.0 Å². The number of nitrogens with two attached hydrogens (primary N) is 1. The number of aryl methyl sites for hydroxylation is 1. The van der Waals surface area contributed by atoms with E-state index in [1.807, 2.05) is 13.0 Å². The molecule has 0 radical (unpaired) electrons. The second-order valence-corrected chi connectivity index (χ2v) is 6.84. The lowest BCUT2D eigenvalue weighted by atomic mass is 10.2. The Morgan fingerprint density at radius 1 is 1.33 bits per heavy atom. The van der Waals surface area contributed by atoms with E-state index in [4.69, 9.17) is 5.73 Å². The van der Waals surface area contributed by atoms with Crippen molar-refractivity contribution >= 4 is 38.1 Å². The summed E-state index contributed by atoms with van der Waals surface area (Å²) in [5.41, 5.74) is 7.60. The summed E-state index contributed by atoms with van der Waals surface area (Å²) in [6.07, 6.45) is 0. The van der Waals surface area contributed by atoms with Gasteiger partial charge in [0.25, 0.3) is 5.69 Å². The predicted octanol–water partition coefficient (Wildman–Crippen LogP) is 3.56. The summed E-state index contributed by atoms with van der Waals surface area (Å²) in [6.45, 7) is 1.83. The highest BCUT2D eigenvalue weighted by Gasteiger charge is 2.18. The molecule has 0 bridgehead atoms. The number of nitrogen functional groups attached to an aromatic ring is 1. The van der Waals surface area contributed by atoms with Crippen molar-refractivity contribution < 1.29 is 9.13 Å². The summed E-state index contributed by atoms with van der Waals surface area (Å²) in [5.74, 6) is 0.0528. The van der Waals surface area contributed by atoms with Gasteiger partial charge in [-0.2, -0.15) is 0 Å². The molecule has 0 saturated heterocycles. The number of halogens is 1. The van der Waals surface area contributed by atoms with E-state index in [0.717, 1.165) is 5.56 Å². The molecule has 5 nitrogen and oxygen atoms in total. The summed E-state index contributed by atoms with van der Waals surface area (Å²) >= 11 is 3.20.